The topological polar surface area (TPSA) is 82.2 Å². The highest BCUT2D eigenvalue weighted by Gasteiger charge is 2.16. The second-order valence-electron chi connectivity index (χ2n) is 4.74. The zero-order valence-electron chi connectivity index (χ0n) is 12.5. The van der Waals surface area contributed by atoms with Crippen molar-refractivity contribution in [2.24, 2.45) is 7.05 Å². The molecule has 2 aromatic rings. The largest absolute Gasteiger partial charge is 0.496 e. The molecule has 112 valence electrons. The van der Waals surface area contributed by atoms with Gasteiger partial charge in [0.1, 0.15) is 11.3 Å². The first-order chi connectivity index (χ1) is 10.1. The minimum atomic E-state index is -0.254. The number of hydrogen-bond acceptors (Lipinski definition) is 4. The van der Waals surface area contributed by atoms with Crippen molar-refractivity contribution in [1.82, 2.24) is 15.1 Å². The molecule has 0 aliphatic carbocycles. The fraction of sp³-hybridized carbons (Fsp3) is 0.333. The summed E-state index contributed by atoms with van der Waals surface area (Å²) in [5.74, 6) is 0.213. The Morgan fingerprint density at radius 2 is 2.24 bits per heavy atom. The van der Waals surface area contributed by atoms with Crippen molar-refractivity contribution in [3.63, 3.8) is 0 Å². The molecule has 0 unspecified atom stereocenters. The highest BCUT2D eigenvalue weighted by atomic mass is 16.5. The van der Waals surface area contributed by atoms with Gasteiger partial charge in [-0.1, -0.05) is 13.0 Å². The van der Waals surface area contributed by atoms with Crippen LogP contribution in [-0.4, -0.2) is 22.8 Å². The predicted octanol–water partition coefficient (Wildman–Crippen LogP) is 1.50. The second-order valence-corrected chi connectivity index (χ2v) is 4.74. The number of nitrogens with two attached hydrogens (primary N) is 1. The molecular weight excluding hydrogens is 268 g/mol. The molecule has 6 nitrogen and oxygen atoms in total. The van der Waals surface area contributed by atoms with E-state index in [0.29, 0.717) is 23.5 Å². The van der Waals surface area contributed by atoms with Gasteiger partial charge in [-0.05, 0) is 18.6 Å². The summed E-state index contributed by atoms with van der Waals surface area (Å²) in [4.78, 5) is 12.3. The van der Waals surface area contributed by atoms with Gasteiger partial charge in [0.25, 0.3) is 5.91 Å². The molecule has 0 saturated carbocycles. The third-order valence-corrected chi connectivity index (χ3v) is 3.27. The third-order valence-electron chi connectivity index (χ3n) is 3.27. The van der Waals surface area contributed by atoms with Gasteiger partial charge in [-0.25, -0.2) is 0 Å². The number of benzene rings is 1. The molecular formula is C15H20N4O2. The molecule has 0 bridgehead atoms. The van der Waals surface area contributed by atoms with E-state index in [2.05, 4.69) is 10.4 Å². The van der Waals surface area contributed by atoms with E-state index in [1.807, 2.05) is 20.2 Å². The van der Waals surface area contributed by atoms with Crippen LogP contribution in [0.25, 0.3) is 0 Å². The number of hydrogen-bond donors (Lipinski definition) is 2. The number of aromatic nitrogens is 2. The SMILES string of the molecule is CCc1nn(C)cc1CNC(=O)c1c(N)cccc1OC. The highest BCUT2D eigenvalue weighted by Crippen LogP contribution is 2.24. The number of aryl methyl sites for hydroxylation is 2. The Morgan fingerprint density at radius 1 is 1.48 bits per heavy atom. The number of anilines is 1. The summed E-state index contributed by atoms with van der Waals surface area (Å²) in [7, 11) is 3.38. The number of ether oxygens (including phenoxy) is 1. The van der Waals surface area contributed by atoms with Crippen molar-refractivity contribution in [3.8, 4) is 5.75 Å². The molecule has 3 N–H and O–H groups in total. The van der Waals surface area contributed by atoms with Crippen LogP contribution >= 0.6 is 0 Å². The molecule has 0 saturated heterocycles. The standard InChI is InChI=1S/C15H20N4O2/c1-4-12-10(9-19(2)18-12)8-17-15(20)14-11(16)6-5-7-13(14)21-3/h5-7,9H,4,8,16H2,1-3H3,(H,17,20). The first-order valence-corrected chi connectivity index (χ1v) is 6.78. The summed E-state index contributed by atoms with van der Waals surface area (Å²) in [6.07, 6.45) is 2.73. The lowest BCUT2D eigenvalue weighted by Gasteiger charge is -2.11. The summed E-state index contributed by atoms with van der Waals surface area (Å²) in [6, 6.07) is 5.15. The van der Waals surface area contributed by atoms with Crippen molar-refractivity contribution >= 4 is 11.6 Å². The van der Waals surface area contributed by atoms with E-state index in [0.717, 1.165) is 17.7 Å². The van der Waals surface area contributed by atoms with Gasteiger partial charge in [0, 0.05) is 31.0 Å². The molecule has 1 aromatic carbocycles. The summed E-state index contributed by atoms with van der Waals surface area (Å²) >= 11 is 0. The lowest BCUT2D eigenvalue weighted by atomic mass is 10.1. The molecule has 0 radical (unpaired) electrons. The Hall–Kier alpha value is -2.50. The first-order valence-electron chi connectivity index (χ1n) is 6.78. The zero-order valence-corrected chi connectivity index (χ0v) is 12.5. The Kier molecular flexibility index (Phi) is 4.47. The number of methoxy groups -OCH3 is 1. The zero-order chi connectivity index (χ0) is 15.4. The van der Waals surface area contributed by atoms with Crippen LogP contribution in [0.15, 0.2) is 24.4 Å². The van der Waals surface area contributed by atoms with Gasteiger partial charge >= 0.3 is 0 Å². The van der Waals surface area contributed by atoms with Gasteiger partial charge in [-0.15, -0.1) is 0 Å². The van der Waals surface area contributed by atoms with Gasteiger partial charge < -0.3 is 15.8 Å². The minimum absolute atomic E-state index is 0.254. The summed E-state index contributed by atoms with van der Waals surface area (Å²) < 4.78 is 6.94. The van der Waals surface area contributed by atoms with Crippen molar-refractivity contribution in [2.45, 2.75) is 19.9 Å². The number of carbonyl (C=O) groups is 1. The fourth-order valence-corrected chi connectivity index (χ4v) is 2.25. The van der Waals surface area contributed by atoms with Crippen LogP contribution in [0.1, 0.15) is 28.5 Å². The van der Waals surface area contributed by atoms with Gasteiger partial charge in [0.05, 0.1) is 12.8 Å². The molecule has 1 amide bonds. The molecule has 0 aliphatic heterocycles. The molecule has 1 heterocycles. The van der Waals surface area contributed by atoms with Crippen molar-refractivity contribution < 1.29 is 9.53 Å². The molecule has 1 aromatic heterocycles. The maximum atomic E-state index is 12.3. The van der Waals surface area contributed by atoms with Crippen LogP contribution in [0.5, 0.6) is 5.75 Å². The van der Waals surface area contributed by atoms with Gasteiger partial charge in [0.2, 0.25) is 0 Å². The second kappa shape index (κ2) is 6.30. The van der Waals surface area contributed by atoms with Crippen molar-refractivity contribution in [3.05, 3.63) is 41.2 Å². The number of rotatable bonds is 5. The monoisotopic (exact) mass is 288 g/mol. The lowest BCUT2D eigenvalue weighted by molar-refractivity contribution is 0.0949. The fourth-order valence-electron chi connectivity index (χ4n) is 2.25. The average Bonchev–Trinajstić information content (AvgIpc) is 2.84. The van der Waals surface area contributed by atoms with Crippen molar-refractivity contribution in [1.29, 1.82) is 0 Å². The minimum Gasteiger partial charge on any atom is -0.496 e. The number of amides is 1. The smallest absolute Gasteiger partial charge is 0.257 e. The van der Waals surface area contributed by atoms with Crippen LogP contribution in [0.2, 0.25) is 0 Å². The van der Waals surface area contributed by atoms with E-state index in [1.54, 1.807) is 22.9 Å². The Labute approximate surface area is 123 Å². The molecule has 0 spiro atoms. The molecule has 0 aliphatic rings. The molecule has 6 heteroatoms. The first kappa shape index (κ1) is 14.9. The lowest BCUT2D eigenvalue weighted by Crippen LogP contribution is -2.24. The number of carbonyl (C=O) groups excluding carboxylic acids is 1. The quantitative estimate of drug-likeness (QED) is 0.817. The number of nitrogens with one attached hydrogen (secondary N) is 1. The Bertz CT molecular complexity index is 649. The molecule has 0 fully saturated rings. The molecule has 21 heavy (non-hydrogen) atoms. The van der Waals surface area contributed by atoms with E-state index in [4.69, 9.17) is 10.5 Å². The normalized spacial score (nSPS) is 10.4. The highest BCUT2D eigenvalue weighted by molar-refractivity contribution is 6.01. The van der Waals surface area contributed by atoms with E-state index < -0.39 is 0 Å². The average molecular weight is 288 g/mol. The van der Waals surface area contributed by atoms with Crippen LogP contribution in [-0.2, 0) is 20.0 Å². The van der Waals surface area contributed by atoms with Crippen LogP contribution in [0.3, 0.4) is 0 Å². The summed E-state index contributed by atoms with van der Waals surface area (Å²) in [6.45, 7) is 2.44. The number of nitrogen functional groups attached to an aromatic ring is 1. The van der Waals surface area contributed by atoms with E-state index in [1.165, 1.54) is 7.11 Å². The van der Waals surface area contributed by atoms with Gasteiger partial charge in [-0.2, -0.15) is 5.10 Å². The molecule has 0 atom stereocenters. The Morgan fingerprint density at radius 3 is 2.90 bits per heavy atom. The van der Waals surface area contributed by atoms with Crippen LogP contribution in [0.4, 0.5) is 5.69 Å². The van der Waals surface area contributed by atoms with E-state index in [-0.39, 0.29) is 5.91 Å². The third kappa shape index (κ3) is 3.16. The maximum absolute atomic E-state index is 12.3. The van der Waals surface area contributed by atoms with E-state index in [9.17, 15) is 4.79 Å². The number of nitrogens with zero attached hydrogens (tertiary/aromatic N) is 2. The Balaban J connectivity index is 2.15. The van der Waals surface area contributed by atoms with Crippen LogP contribution in [0, 0.1) is 0 Å². The summed E-state index contributed by atoms with van der Waals surface area (Å²) in [5.41, 5.74) is 8.61. The van der Waals surface area contributed by atoms with Gasteiger partial charge in [-0.3, -0.25) is 9.48 Å². The van der Waals surface area contributed by atoms with Gasteiger partial charge in [0.15, 0.2) is 0 Å². The van der Waals surface area contributed by atoms with E-state index >= 15 is 0 Å². The maximum Gasteiger partial charge on any atom is 0.257 e. The van der Waals surface area contributed by atoms with Crippen LogP contribution < -0.4 is 15.8 Å². The molecule has 2 rings (SSSR count). The van der Waals surface area contributed by atoms with Crippen molar-refractivity contribution in [2.75, 3.05) is 12.8 Å². The predicted molar refractivity (Wildman–Crippen MR) is 81.2 cm³/mol. The summed E-state index contributed by atoms with van der Waals surface area (Å²) in [5, 5.41) is 7.21.